The molecule has 0 heterocycles. The first-order chi connectivity index (χ1) is 10.9. The van der Waals surface area contributed by atoms with Crippen molar-refractivity contribution < 1.29 is 18.5 Å². The molecular formula is C15H11BrF2N2O3. The number of nitrogens with zero attached hydrogens (tertiary/aromatic N) is 1. The second-order valence-corrected chi connectivity index (χ2v) is 5.53. The highest BCUT2D eigenvalue weighted by Crippen LogP contribution is 2.18. The molecule has 1 amide bonds. The van der Waals surface area contributed by atoms with Gasteiger partial charge in [-0.25, -0.2) is 8.78 Å². The van der Waals surface area contributed by atoms with Crippen LogP contribution in [0.5, 0.6) is 0 Å². The number of amides is 1. The number of carbonyl (C=O) groups excluding carboxylic acids is 1. The van der Waals surface area contributed by atoms with Crippen LogP contribution in [-0.4, -0.2) is 17.4 Å². The van der Waals surface area contributed by atoms with Crippen LogP contribution in [-0.2, 0) is 6.42 Å². The van der Waals surface area contributed by atoms with Gasteiger partial charge in [-0.2, -0.15) is 0 Å². The molecule has 0 atom stereocenters. The first-order valence-electron chi connectivity index (χ1n) is 6.54. The topological polar surface area (TPSA) is 72.2 Å². The van der Waals surface area contributed by atoms with Crippen molar-refractivity contribution in [3.63, 3.8) is 0 Å². The van der Waals surface area contributed by atoms with E-state index in [0.717, 1.165) is 23.8 Å². The minimum Gasteiger partial charge on any atom is -0.352 e. The molecule has 2 aromatic carbocycles. The minimum absolute atomic E-state index is 0.180. The van der Waals surface area contributed by atoms with Gasteiger partial charge in [0.15, 0.2) is 0 Å². The number of hydrogen-bond acceptors (Lipinski definition) is 3. The summed E-state index contributed by atoms with van der Waals surface area (Å²) in [6.45, 7) is 0.180. The van der Waals surface area contributed by atoms with Gasteiger partial charge in [0, 0.05) is 18.7 Å². The third-order valence-corrected chi connectivity index (χ3v) is 3.70. The normalized spacial score (nSPS) is 10.4. The molecule has 0 aliphatic heterocycles. The summed E-state index contributed by atoms with van der Waals surface area (Å²) in [6, 6.07) is 7.20. The Morgan fingerprint density at radius 2 is 1.87 bits per heavy atom. The van der Waals surface area contributed by atoms with Gasteiger partial charge in [0.1, 0.15) is 11.6 Å². The van der Waals surface area contributed by atoms with Crippen LogP contribution in [0.1, 0.15) is 15.9 Å². The van der Waals surface area contributed by atoms with E-state index in [1.54, 1.807) is 12.1 Å². The van der Waals surface area contributed by atoms with Crippen molar-refractivity contribution in [2.45, 2.75) is 6.42 Å². The molecule has 1 N–H and O–H groups in total. The Morgan fingerprint density at radius 1 is 1.17 bits per heavy atom. The molecule has 0 aliphatic rings. The SMILES string of the molecule is O=C(NCCc1ccc(F)c(Br)c1)c1cc([N+](=O)[O-])ccc1F. The van der Waals surface area contributed by atoms with Crippen LogP contribution in [0.15, 0.2) is 40.9 Å². The molecule has 23 heavy (non-hydrogen) atoms. The summed E-state index contributed by atoms with van der Waals surface area (Å²) >= 11 is 3.06. The van der Waals surface area contributed by atoms with E-state index in [0.29, 0.717) is 10.9 Å². The molecule has 0 saturated heterocycles. The number of non-ortho nitro benzene ring substituents is 1. The maximum atomic E-state index is 13.6. The Kier molecular flexibility index (Phi) is 5.38. The van der Waals surface area contributed by atoms with Gasteiger partial charge in [-0.1, -0.05) is 6.07 Å². The van der Waals surface area contributed by atoms with Crippen molar-refractivity contribution in [1.82, 2.24) is 5.32 Å². The highest BCUT2D eigenvalue weighted by Gasteiger charge is 2.16. The van der Waals surface area contributed by atoms with Crippen LogP contribution in [0.4, 0.5) is 14.5 Å². The van der Waals surface area contributed by atoms with Gasteiger partial charge in [-0.05, 0) is 46.1 Å². The van der Waals surface area contributed by atoms with E-state index in [4.69, 9.17) is 0 Å². The van der Waals surface area contributed by atoms with E-state index in [-0.39, 0.29) is 17.8 Å². The smallest absolute Gasteiger partial charge is 0.270 e. The fourth-order valence-corrected chi connectivity index (χ4v) is 2.34. The van der Waals surface area contributed by atoms with Gasteiger partial charge in [-0.15, -0.1) is 0 Å². The highest BCUT2D eigenvalue weighted by atomic mass is 79.9. The quantitative estimate of drug-likeness (QED) is 0.632. The van der Waals surface area contributed by atoms with Gasteiger partial charge >= 0.3 is 0 Å². The molecule has 0 aliphatic carbocycles. The maximum Gasteiger partial charge on any atom is 0.270 e. The summed E-state index contributed by atoms with van der Waals surface area (Å²) in [6.07, 6.45) is 0.404. The van der Waals surface area contributed by atoms with Gasteiger partial charge in [0.25, 0.3) is 11.6 Å². The molecule has 0 unspecified atom stereocenters. The Morgan fingerprint density at radius 3 is 2.52 bits per heavy atom. The van der Waals surface area contributed by atoms with Crippen molar-refractivity contribution in [1.29, 1.82) is 0 Å². The van der Waals surface area contributed by atoms with Crippen LogP contribution >= 0.6 is 15.9 Å². The lowest BCUT2D eigenvalue weighted by atomic mass is 10.1. The minimum atomic E-state index is -0.836. The van der Waals surface area contributed by atoms with Crippen LogP contribution in [0.25, 0.3) is 0 Å². The average Bonchev–Trinajstić information content (AvgIpc) is 2.51. The van der Waals surface area contributed by atoms with Crippen molar-refractivity contribution in [3.05, 3.63) is 73.7 Å². The number of nitro groups is 1. The average molecular weight is 385 g/mol. The van der Waals surface area contributed by atoms with Gasteiger partial charge in [0.2, 0.25) is 0 Å². The number of benzene rings is 2. The first-order valence-corrected chi connectivity index (χ1v) is 7.34. The third kappa shape index (κ3) is 4.32. The number of nitro benzene ring substituents is 1. The Balaban J connectivity index is 2.01. The van der Waals surface area contributed by atoms with E-state index in [9.17, 15) is 23.7 Å². The van der Waals surface area contributed by atoms with E-state index in [1.807, 2.05) is 0 Å². The maximum absolute atomic E-state index is 13.6. The van der Waals surface area contributed by atoms with E-state index < -0.39 is 22.5 Å². The van der Waals surface area contributed by atoms with Crippen molar-refractivity contribution in [2.24, 2.45) is 0 Å². The first kappa shape index (κ1) is 17.0. The highest BCUT2D eigenvalue weighted by molar-refractivity contribution is 9.10. The van der Waals surface area contributed by atoms with E-state index >= 15 is 0 Å². The van der Waals surface area contributed by atoms with Crippen LogP contribution in [0, 0.1) is 21.7 Å². The lowest BCUT2D eigenvalue weighted by Gasteiger charge is -2.07. The summed E-state index contributed by atoms with van der Waals surface area (Å²) in [4.78, 5) is 21.9. The molecule has 2 aromatic rings. The lowest BCUT2D eigenvalue weighted by molar-refractivity contribution is -0.384. The summed E-state index contributed by atoms with van der Waals surface area (Å²) in [5.74, 6) is -1.97. The van der Waals surface area contributed by atoms with Crippen molar-refractivity contribution >= 4 is 27.5 Å². The molecule has 2 rings (SSSR count). The zero-order valence-electron chi connectivity index (χ0n) is 11.7. The standard InChI is InChI=1S/C15H11BrF2N2O3/c16-12-7-9(1-3-14(12)18)5-6-19-15(21)11-8-10(20(22)23)2-4-13(11)17/h1-4,7-8H,5-6H2,(H,19,21). The molecule has 0 bridgehead atoms. The molecule has 0 saturated carbocycles. The summed E-state index contributed by atoms with van der Waals surface area (Å²) in [5, 5.41) is 13.1. The van der Waals surface area contributed by atoms with Crippen LogP contribution in [0.3, 0.4) is 0 Å². The summed E-state index contributed by atoms with van der Waals surface area (Å²) in [5.41, 5.74) is 0.0246. The molecule has 8 heteroatoms. The summed E-state index contributed by atoms with van der Waals surface area (Å²) < 4.78 is 27.0. The van der Waals surface area contributed by atoms with Gasteiger partial charge < -0.3 is 5.32 Å². The predicted molar refractivity (Wildman–Crippen MR) is 83.2 cm³/mol. The monoisotopic (exact) mass is 384 g/mol. The third-order valence-electron chi connectivity index (χ3n) is 3.09. The van der Waals surface area contributed by atoms with Crippen molar-refractivity contribution in [2.75, 3.05) is 6.54 Å². The zero-order chi connectivity index (χ0) is 17.0. The Bertz CT molecular complexity index is 768. The summed E-state index contributed by atoms with van der Waals surface area (Å²) in [7, 11) is 0. The number of rotatable bonds is 5. The lowest BCUT2D eigenvalue weighted by Crippen LogP contribution is -2.26. The molecular weight excluding hydrogens is 374 g/mol. The Hall–Kier alpha value is -2.35. The zero-order valence-corrected chi connectivity index (χ0v) is 13.3. The van der Waals surface area contributed by atoms with E-state index in [2.05, 4.69) is 21.2 Å². The molecule has 120 valence electrons. The van der Waals surface area contributed by atoms with Crippen LogP contribution in [0.2, 0.25) is 0 Å². The number of carbonyl (C=O) groups is 1. The van der Waals surface area contributed by atoms with Gasteiger partial charge in [0.05, 0.1) is 15.0 Å². The second kappa shape index (κ2) is 7.28. The molecule has 0 radical (unpaired) electrons. The van der Waals surface area contributed by atoms with E-state index in [1.165, 1.54) is 6.07 Å². The van der Waals surface area contributed by atoms with Crippen LogP contribution < -0.4 is 5.32 Å². The second-order valence-electron chi connectivity index (χ2n) is 4.68. The fraction of sp³-hybridized carbons (Fsp3) is 0.133. The van der Waals surface area contributed by atoms with Crippen molar-refractivity contribution in [3.8, 4) is 0 Å². The molecule has 0 aromatic heterocycles. The predicted octanol–water partition coefficient (Wildman–Crippen LogP) is 3.61. The Labute approximate surface area is 138 Å². The molecule has 0 fully saturated rings. The fourth-order valence-electron chi connectivity index (χ4n) is 1.91. The number of nitrogens with one attached hydrogen (secondary N) is 1. The molecule has 5 nitrogen and oxygen atoms in total. The molecule has 0 spiro atoms. The van der Waals surface area contributed by atoms with Gasteiger partial charge in [-0.3, -0.25) is 14.9 Å². The number of hydrogen-bond donors (Lipinski definition) is 1. The largest absolute Gasteiger partial charge is 0.352 e. The number of halogens is 3.